The lowest BCUT2D eigenvalue weighted by molar-refractivity contribution is -0.134. The number of rotatable bonds is 8. The first-order chi connectivity index (χ1) is 18.0. The van der Waals surface area contributed by atoms with Crippen LogP contribution in [0.5, 0.6) is 0 Å². The van der Waals surface area contributed by atoms with E-state index in [0.29, 0.717) is 22.6 Å². The zero-order valence-corrected chi connectivity index (χ0v) is 23.8. The number of hydrogen-bond acceptors (Lipinski definition) is 6. The molecule has 40 heavy (non-hydrogen) atoms. The quantitative estimate of drug-likeness (QED) is 0.229. The second-order valence-corrected chi connectivity index (χ2v) is 11.3. The van der Waals surface area contributed by atoms with Gasteiger partial charge in [0.25, 0.3) is 0 Å². The Hall–Kier alpha value is -3.87. The van der Waals surface area contributed by atoms with E-state index >= 15 is 0 Å². The number of carboxylic acid groups (broad SMARTS) is 1. The van der Waals surface area contributed by atoms with Crippen LogP contribution in [0.15, 0.2) is 60.7 Å². The van der Waals surface area contributed by atoms with E-state index < -0.39 is 21.7 Å². The van der Waals surface area contributed by atoms with Gasteiger partial charge in [-0.25, -0.2) is 8.42 Å². The number of nitrogen functional groups attached to an aromatic ring is 1. The number of nitrogens with one attached hydrogen (secondary N) is 2. The van der Waals surface area contributed by atoms with Crippen LogP contribution in [0.1, 0.15) is 24.5 Å². The number of amidine groups is 2. The molecular formula is C27H35ClN6O5S. The van der Waals surface area contributed by atoms with Gasteiger partial charge in [0.2, 0.25) is 10.0 Å². The number of carbonyl (C=O) groups is 1. The molecule has 0 spiro atoms. The van der Waals surface area contributed by atoms with Gasteiger partial charge in [-0.15, -0.1) is 12.4 Å². The van der Waals surface area contributed by atoms with E-state index in [1.165, 1.54) is 0 Å². The smallest absolute Gasteiger partial charge is 0.320 e. The average Bonchev–Trinajstić information content (AvgIpc) is 3.13. The van der Waals surface area contributed by atoms with Gasteiger partial charge in [-0.05, 0) is 66.1 Å². The summed E-state index contributed by atoms with van der Waals surface area (Å²) in [5.74, 6) is -1.96. The normalized spacial score (nSPS) is 13.5. The lowest BCUT2D eigenvalue weighted by Crippen LogP contribution is -2.35. The predicted octanol–water partition coefficient (Wildman–Crippen LogP) is 2.65. The molecular weight excluding hydrogens is 556 g/mol. The minimum Gasteiger partial charge on any atom is -0.480 e. The lowest BCUT2D eigenvalue weighted by atomic mass is 10.0. The number of carboxylic acids is 1. The third kappa shape index (κ3) is 7.62. The van der Waals surface area contributed by atoms with Crippen molar-refractivity contribution in [3.05, 3.63) is 71.8 Å². The Morgan fingerprint density at radius 2 is 1.65 bits per heavy atom. The Labute approximate surface area is 240 Å². The molecule has 1 heterocycles. The van der Waals surface area contributed by atoms with Crippen molar-refractivity contribution in [1.82, 2.24) is 4.90 Å². The van der Waals surface area contributed by atoms with Crippen molar-refractivity contribution in [3.63, 3.8) is 0 Å². The van der Waals surface area contributed by atoms with Crippen LogP contribution in [0.3, 0.4) is 0 Å². The molecule has 0 unspecified atom stereocenters. The summed E-state index contributed by atoms with van der Waals surface area (Å²) in [6.45, 7) is 4.87. The predicted molar refractivity (Wildman–Crippen MR) is 162 cm³/mol. The Morgan fingerprint density at radius 1 is 0.975 bits per heavy atom. The van der Waals surface area contributed by atoms with Gasteiger partial charge >= 0.3 is 5.97 Å². The molecule has 1 saturated heterocycles. The largest absolute Gasteiger partial charge is 0.480 e. The molecule has 216 valence electrons. The highest BCUT2D eigenvalue weighted by molar-refractivity contribution is 7.93. The molecule has 1 aliphatic heterocycles. The monoisotopic (exact) mass is 590 g/mol. The van der Waals surface area contributed by atoms with E-state index in [1.807, 2.05) is 41.3 Å². The molecule has 0 bridgehead atoms. The summed E-state index contributed by atoms with van der Waals surface area (Å²) >= 11 is 0. The molecule has 0 radical (unpaired) electrons. The van der Waals surface area contributed by atoms with Gasteiger partial charge in [0.1, 0.15) is 5.84 Å². The first kappa shape index (κ1) is 32.3. The van der Waals surface area contributed by atoms with Crippen molar-refractivity contribution < 1.29 is 23.8 Å². The zero-order valence-electron chi connectivity index (χ0n) is 22.1. The standard InChI is InChI=1S/C27H32N6O4S.ClH.H2O/c1-19(28)31-11-2-12-32(14-13-31)24-7-9-25(10-8-24)33(38(36,37)18-26(34)35)17-20-3-4-21-5-6-22(27(29)30)16-23(21)15-20;;/h3-10,15-16,28H,2,11-14,17-18H2,1H3,(H3,29,30)(H,34,35);1H;1H2. The summed E-state index contributed by atoms with van der Waals surface area (Å²) in [6, 6.07) is 18.0. The molecule has 1 fully saturated rings. The van der Waals surface area contributed by atoms with Crippen LogP contribution in [0.4, 0.5) is 11.4 Å². The van der Waals surface area contributed by atoms with E-state index in [0.717, 1.165) is 53.4 Å². The van der Waals surface area contributed by atoms with E-state index in [-0.39, 0.29) is 30.3 Å². The van der Waals surface area contributed by atoms with Crippen LogP contribution < -0.4 is 14.9 Å². The second-order valence-electron chi connectivity index (χ2n) is 9.40. The summed E-state index contributed by atoms with van der Waals surface area (Å²) in [7, 11) is -4.17. The number of sulfonamides is 1. The number of benzene rings is 3. The van der Waals surface area contributed by atoms with Crippen molar-refractivity contribution >= 4 is 62.2 Å². The Morgan fingerprint density at radius 3 is 2.27 bits per heavy atom. The molecule has 0 aromatic heterocycles. The van der Waals surface area contributed by atoms with Crippen LogP contribution in [0.2, 0.25) is 0 Å². The molecule has 0 amide bonds. The molecule has 3 aromatic rings. The highest BCUT2D eigenvalue weighted by atomic mass is 35.5. The van der Waals surface area contributed by atoms with Gasteiger partial charge in [-0.2, -0.15) is 0 Å². The molecule has 0 atom stereocenters. The number of fused-ring (bicyclic) bond motifs is 1. The maximum Gasteiger partial charge on any atom is 0.320 e. The number of anilines is 2. The minimum atomic E-state index is -4.17. The number of hydrogen-bond donors (Lipinski definition) is 4. The van der Waals surface area contributed by atoms with E-state index in [1.54, 1.807) is 31.2 Å². The van der Waals surface area contributed by atoms with E-state index in [4.69, 9.17) is 16.6 Å². The third-order valence-corrected chi connectivity index (χ3v) is 8.28. The SMILES string of the molecule is CC(=N)N1CCCN(c2ccc(N(Cc3ccc4ccc(C(=N)N)cc4c3)S(=O)(=O)CC(=O)O)cc2)CC1.Cl.O. The zero-order chi connectivity index (χ0) is 27.4. The van der Waals surface area contributed by atoms with Crippen molar-refractivity contribution in [2.75, 3.05) is 41.1 Å². The second kappa shape index (κ2) is 13.5. The van der Waals surface area contributed by atoms with Crippen molar-refractivity contribution in [1.29, 1.82) is 10.8 Å². The number of halogens is 1. The number of aliphatic carboxylic acids is 1. The minimum absolute atomic E-state index is 0. The van der Waals surface area contributed by atoms with E-state index in [9.17, 15) is 18.3 Å². The topological polar surface area (TPSA) is 186 Å². The highest BCUT2D eigenvalue weighted by Crippen LogP contribution is 2.27. The summed E-state index contributed by atoms with van der Waals surface area (Å²) in [6.07, 6.45) is 0.907. The van der Waals surface area contributed by atoms with Gasteiger partial charge in [0.15, 0.2) is 5.75 Å². The van der Waals surface area contributed by atoms with Gasteiger partial charge in [0, 0.05) is 37.4 Å². The molecule has 11 nitrogen and oxygen atoms in total. The fraction of sp³-hybridized carbons (Fsp3) is 0.296. The number of nitrogens with two attached hydrogens (primary N) is 1. The Bertz CT molecular complexity index is 1480. The maximum absolute atomic E-state index is 13.1. The molecule has 0 saturated carbocycles. The fourth-order valence-corrected chi connectivity index (χ4v) is 5.91. The van der Waals surface area contributed by atoms with Crippen molar-refractivity contribution in [2.24, 2.45) is 5.73 Å². The lowest BCUT2D eigenvalue weighted by Gasteiger charge is -2.27. The van der Waals surface area contributed by atoms with E-state index in [2.05, 4.69) is 4.90 Å². The Kier molecular flexibility index (Phi) is 10.9. The van der Waals surface area contributed by atoms with Crippen molar-refractivity contribution in [2.45, 2.75) is 19.9 Å². The molecule has 1 aliphatic rings. The van der Waals surface area contributed by atoms with Crippen molar-refractivity contribution in [3.8, 4) is 0 Å². The third-order valence-electron chi connectivity index (χ3n) is 6.66. The molecule has 4 rings (SSSR count). The first-order valence-electron chi connectivity index (χ1n) is 12.3. The maximum atomic E-state index is 13.1. The summed E-state index contributed by atoms with van der Waals surface area (Å²) in [4.78, 5) is 15.6. The summed E-state index contributed by atoms with van der Waals surface area (Å²) < 4.78 is 27.4. The van der Waals surface area contributed by atoms with Gasteiger partial charge < -0.3 is 26.1 Å². The highest BCUT2D eigenvalue weighted by Gasteiger charge is 2.26. The van der Waals surface area contributed by atoms with Gasteiger partial charge in [-0.3, -0.25) is 19.9 Å². The van der Waals surface area contributed by atoms with Crippen LogP contribution in [-0.4, -0.2) is 73.5 Å². The number of nitrogens with zero attached hydrogens (tertiary/aromatic N) is 3. The van der Waals surface area contributed by atoms with Crippen LogP contribution >= 0.6 is 12.4 Å². The fourth-order valence-electron chi connectivity index (χ4n) is 4.65. The molecule has 7 N–H and O–H groups in total. The molecule has 13 heteroatoms. The summed E-state index contributed by atoms with van der Waals surface area (Å²) in [5.41, 5.74) is 8.17. The Balaban J connectivity index is 0.00000280. The van der Waals surface area contributed by atoms with Gasteiger partial charge in [0.05, 0.1) is 18.1 Å². The van der Waals surface area contributed by atoms with Crippen LogP contribution in [0.25, 0.3) is 10.8 Å². The molecule has 3 aromatic carbocycles. The first-order valence-corrected chi connectivity index (χ1v) is 13.9. The van der Waals surface area contributed by atoms with Gasteiger partial charge in [-0.1, -0.05) is 24.3 Å². The van der Waals surface area contributed by atoms with Crippen LogP contribution in [0, 0.1) is 10.8 Å². The summed E-state index contributed by atoms with van der Waals surface area (Å²) in [5, 5.41) is 26.6. The molecule has 0 aliphatic carbocycles. The van der Waals surface area contributed by atoms with Crippen LogP contribution in [-0.2, 0) is 21.4 Å². The average molecular weight is 591 g/mol.